The molecule has 0 bridgehead atoms. The van der Waals surface area contributed by atoms with Crippen LogP contribution in [0.4, 0.5) is 11.5 Å². The van der Waals surface area contributed by atoms with Crippen LogP contribution in [-0.4, -0.2) is 66.0 Å². The summed E-state index contributed by atoms with van der Waals surface area (Å²) >= 11 is 0. The Labute approximate surface area is 118 Å². The van der Waals surface area contributed by atoms with E-state index >= 15 is 0 Å². The van der Waals surface area contributed by atoms with E-state index in [1.807, 2.05) is 0 Å². The van der Waals surface area contributed by atoms with E-state index in [-0.39, 0.29) is 5.69 Å². The minimum Gasteiger partial charge on any atom is -0.369 e. The SMILES string of the molecule is Cc1nc(NCCN2CCN(C)CC2)ccc1[N+](=O)[O-]. The number of hydrogen-bond donors (Lipinski definition) is 1. The maximum absolute atomic E-state index is 10.7. The first-order valence-corrected chi connectivity index (χ1v) is 6.83. The Bertz CT molecular complexity index is 472. The van der Waals surface area contributed by atoms with Gasteiger partial charge in [0.05, 0.1) is 4.92 Å². The summed E-state index contributed by atoms with van der Waals surface area (Å²) in [6.07, 6.45) is 0. The number of hydrogen-bond acceptors (Lipinski definition) is 6. The minimum atomic E-state index is -0.406. The van der Waals surface area contributed by atoms with Gasteiger partial charge in [-0.3, -0.25) is 15.0 Å². The highest BCUT2D eigenvalue weighted by Gasteiger charge is 2.14. The molecule has 110 valence electrons. The normalized spacial score (nSPS) is 17.1. The van der Waals surface area contributed by atoms with Crippen LogP contribution in [0.3, 0.4) is 0 Å². The zero-order chi connectivity index (χ0) is 14.5. The summed E-state index contributed by atoms with van der Waals surface area (Å²) in [4.78, 5) is 19.3. The number of anilines is 1. The molecule has 1 saturated heterocycles. The van der Waals surface area contributed by atoms with Crippen molar-refractivity contribution < 1.29 is 4.92 Å². The van der Waals surface area contributed by atoms with E-state index in [0.29, 0.717) is 11.5 Å². The second-order valence-corrected chi connectivity index (χ2v) is 5.13. The third-order valence-corrected chi connectivity index (χ3v) is 3.58. The average molecular weight is 279 g/mol. The fourth-order valence-electron chi connectivity index (χ4n) is 2.26. The molecule has 2 rings (SSSR count). The number of likely N-dealkylation sites (N-methyl/N-ethyl adjacent to an activating group) is 1. The van der Waals surface area contributed by atoms with Crippen molar-refractivity contribution in [3.05, 3.63) is 27.9 Å². The van der Waals surface area contributed by atoms with Crippen molar-refractivity contribution in [2.75, 3.05) is 51.6 Å². The summed E-state index contributed by atoms with van der Waals surface area (Å²) in [5, 5.41) is 13.9. The highest BCUT2D eigenvalue weighted by Crippen LogP contribution is 2.17. The van der Waals surface area contributed by atoms with Crippen molar-refractivity contribution in [3.8, 4) is 0 Å². The second kappa shape index (κ2) is 6.62. The molecule has 1 N–H and O–H groups in total. The van der Waals surface area contributed by atoms with Crippen molar-refractivity contribution >= 4 is 11.5 Å². The fourth-order valence-corrected chi connectivity index (χ4v) is 2.26. The first-order chi connectivity index (χ1) is 9.56. The predicted molar refractivity (Wildman–Crippen MR) is 78.1 cm³/mol. The molecule has 0 amide bonds. The molecule has 1 fully saturated rings. The molecule has 1 aromatic rings. The molecule has 7 heteroatoms. The van der Waals surface area contributed by atoms with Gasteiger partial charge in [0.15, 0.2) is 0 Å². The van der Waals surface area contributed by atoms with Gasteiger partial charge in [0.1, 0.15) is 11.5 Å². The van der Waals surface area contributed by atoms with Gasteiger partial charge in [0, 0.05) is 45.3 Å². The van der Waals surface area contributed by atoms with E-state index in [9.17, 15) is 10.1 Å². The van der Waals surface area contributed by atoms with Crippen molar-refractivity contribution in [1.29, 1.82) is 0 Å². The van der Waals surface area contributed by atoms with Crippen LogP contribution in [0.1, 0.15) is 5.69 Å². The van der Waals surface area contributed by atoms with Gasteiger partial charge in [-0.1, -0.05) is 0 Å². The molecule has 0 spiro atoms. The fraction of sp³-hybridized carbons (Fsp3) is 0.615. The Morgan fingerprint density at radius 2 is 2.05 bits per heavy atom. The molecule has 1 aliphatic heterocycles. The molecule has 2 heterocycles. The lowest BCUT2D eigenvalue weighted by Crippen LogP contribution is -2.45. The number of nitro groups is 1. The predicted octanol–water partition coefficient (Wildman–Crippen LogP) is 0.958. The van der Waals surface area contributed by atoms with E-state index in [1.165, 1.54) is 6.07 Å². The lowest BCUT2D eigenvalue weighted by molar-refractivity contribution is -0.385. The summed E-state index contributed by atoms with van der Waals surface area (Å²) in [6, 6.07) is 3.16. The lowest BCUT2D eigenvalue weighted by atomic mass is 10.3. The van der Waals surface area contributed by atoms with Crippen LogP contribution in [0.15, 0.2) is 12.1 Å². The van der Waals surface area contributed by atoms with Crippen LogP contribution in [-0.2, 0) is 0 Å². The van der Waals surface area contributed by atoms with Gasteiger partial charge in [-0.25, -0.2) is 4.98 Å². The van der Waals surface area contributed by atoms with Gasteiger partial charge in [-0.15, -0.1) is 0 Å². The third-order valence-electron chi connectivity index (χ3n) is 3.58. The summed E-state index contributed by atoms with van der Waals surface area (Å²) < 4.78 is 0. The zero-order valence-electron chi connectivity index (χ0n) is 12.0. The molecule has 0 unspecified atom stereocenters. The number of rotatable bonds is 5. The Morgan fingerprint density at radius 1 is 1.35 bits per heavy atom. The minimum absolute atomic E-state index is 0.0645. The monoisotopic (exact) mass is 279 g/mol. The van der Waals surface area contributed by atoms with Gasteiger partial charge in [-0.05, 0) is 20.0 Å². The van der Waals surface area contributed by atoms with Gasteiger partial charge in [0.2, 0.25) is 0 Å². The Balaban J connectivity index is 1.79. The van der Waals surface area contributed by atoms with E-state index in [0.717, 1.165) is 39.3 Å². The van der Waals surface area contributed by atoms with Gasteiger partial charge >= 0.3 is 0 Å². The Kier molecular flexibility index (Phi) is 4.86. The quantitative estimate of drug-likeness (QED) is 0.639. The van der Waals surface area contributed by atoms with Gasteiger partial charge in [-0.2, -0.15) is 0 Å². The molecular weight excluding hydrogens is 258 g/mol. The Morgan fingerprint density at radius 3 is 2.65 bits per heavy atom. The van der Waals surface area contributed by atoms with Crippen LogP contribution < -0.4 is 5.32 Å². The standard InChI is InChI=1S/C13H21N5O2/c1-11-12(18(19)20)3-4-13(15-11)14-5-6-17-9-7-16(2)8-10-17/h3-4H,5-10H2,1-2H3,(H,14,15). The van der Waals surface area contributed by atoms with E-state index < -0.39 is 4.92 Å². The Hall–Kier alpha value is -1.73. The summed E-state index contributed by atoms with van der Waals surface area (Å²) in [7, 11) is 2.14. The summed E-state index contributed by atoms with van der Waals surface area (Å²) in [5.74, 6) is 0.697. The molecule has 0 radical (unpaired) electrons. The van der Waals surface area contributed by atoms with Crippen LogP contribution in [0, 0.1) is 17.0 Å². The van der Waals surface area contributed by atoms with Crippen molar-refractivity contribution in [1.82, 2.24) is 14.8 Å². The number of aromatic nitrogens is 1. The van der Waals surface area contributed by atoms with Crippen molar-refractivity contribution in [2.45, 2.75) is 6.92 Å². The number of pyridine rings is 1. The molecule has 1 aromatic heterocycles. The second-order valence-electron chi connectivity index (χ2n) is 5.13. The van der Waals surface area contributed by atoms with Crippen LogP contribution >= 0.6 is 0 Å². The molecule has 20 heavy (non-hydrogen) atoms. The molecule has 0 saturated carbocycles. The molecule has 0 aliphatic carbocycles. The van der Waals surface area contributed by atoms with Crippen LogP contribution in [0.5, 0.6) is 0 Å². The van der Waals surface area contributed by atoms with Gasteiger partial charge < -0.3 is 10.2 Å². The van der Waals surface area contributed by atoms with Crippen molar-refractivity contribution in [3.63, 3.8) is 0 Å². The molecule has 7 nitrogen and oxygen atoms in total. The summed E-state index contributed by atoms with van der Waals surface area (Å²) in [6.45, 7) is 7.81. The first-order valence-electron chi connectivity index (χ1n) is 6.83. The van der Waals surface area contributed by atoms with E-state index in [2.05, 4.69) is 27.1 Å². The van der Waals surface area contributed by atoms with Crippen LogP contribution in [0.25, 0.3) is 0 Å². The number of nitrogens with zero attached hydrogens (tertiary/aromatic N) is 4. The van der Waals surface area contributed by atoms with Gasteiger partial charge in [0.25, 0.3) is 5.69 Å². The maximum Gasteiger partial charge on any atom is 0.290 e. The smallest absolute Gasteiger partial charge is 0.290 e. The zero-order valence-corrected chi connectivity index (χ0v) is 12.0. The highest BCUT2D eigenvalue weighted by molar-refractivity contribution is 5.44. The largest absolute Gasteiger partial charge is 0.369 e. The molecule has 0 atom stereocenters. The molecular formula is C13H21N5O2. The molecule has 0 aromatic carbocycles. The van der Waals surface area contributed by atoms with Crippen LogP contribution in [0.2, 0.25) is 0 Å². The lowest BCUT2D eigenvalue weighted by Gasteiger charge is -2.32. The highest BCUT2D eigenvalue weighted by atomic mass is 16.6. The average Bonchev–Trinajstić information content (AvgIpc) is 2.41. The topological polar surface area (TPSA) is 74.5 Å². The first kappa shape index (κ1) is 14.7. The van der Waals surface area contributed by atoms with E-state index in [1.54, 1.807) is 13.0 Å². The summed E-state index contributed by atoms with van der Waals surface area (Å²) in [5.41, 5.74) is 0.509. The van der Waals surface area contributed by atoms with Crippen molar-refractivity contribution in [2.24, 2.45) is 0 Å². The number of piperazine rings is 1. The molecule has 1 aliphatic rings. The van der Waals surface area contributed by atoms with E-state index in [4.69, 9.17) is 0 Å². The third kappa shape index (κ3) is 3.88. The number of nitrogens with one attached hydrogen (secondary N) is 1. The maximum atomic E-state index is 10.7. The number of aryl methyl sites for hydroxylation is 1.